The number of carbonyl (C=O) groups is 1. The molecule has 1 fully saturated rings. The van der Waals surface area contributed by atoms with Gasteiger partial charge in [-0.3, -0.25) is 4.79 Å². The quantitative estimate of drug-likeness (QED) is 0.911. The lowest BCUT2D eigenvalue weighted by atomic mass is 10.0. The van der Waals surface area contributed by atoms with E-state index in [2.05, 4.69) is 24.3 Å². The van der Waals surface area contributed by atoms with Gasteiger partial charge in [0.25, 0.3) is 0 Å². The van der Waals surface area contributed by atoms with Crippen LogP contribution < -0.4 is 0 Å². The van der Waals surface area contributed by atoms with Crippen LogP contribution in [0.3, 0.4) is 0 Å². The number of likely N-dealkylation sites (tertiary alicyclic amines) is 1. The minimum atomic E-state index is 0.0689. The highest BCUT2D eigenvalue weighted by molar-refractivity contribution is 5.80. The fourth-order valence-electron chi connectivity index (χ4n) is 3.45. The van der Waals surface area contributed by atoms with E-state index < -0.39 is 0 Å². The summed E-state index contributed by atoms with van der Waals surface area (Å²) < 4.78 is 5.55. The number of aliphatic hydroxyl groups is 1. The van der Waals surface area contributed by atoms with Crippen LogP contribution in [0, 0.1) is 5.92 Å². The Bertz CT molecular complexity index is 470. The summed E-state index contributed by atoms with van der Waals surface area (Å²) in [6.45, 7) is 2.03. The monoisotopic (exact) mass is 289 g/mol. The van der Waals surface area contributed by atoms with Gasteiger partial charge in [-0.05, 0) is 36.8 Å². The van der Waals surface area contributed by atoms with Gasteiger partial charge in [-0.2, -0.15) is 0 Å². The van der Waals surface area contributed by atoms with E-state index in [1.54, 1.807) is 0 Å². The van der Waals surface area contributed by atoms with E-state index in [0.717, 1.165) is 38.8 Å². The first kappa shape index (κ1) is 14.5. The zero-order chi connectivity index (χ0) is 14.7. The van der Waals surface area contributed by atoms with Crippen molar-refractivity contribution in [2.75, 3.05) is 26.3 Å². The molecule has 1 heterocycles. The molecule has 1 N–H and O–H groups in total. The number of benzene rings is 1. The lowest BCUT2D eigenvalue weighted by Gasteiger charge is -2.33. The molecule has 0 atom stereocenters. The highest BCUT2D eigenvalue weighted by Crippen LogP contribution is 2.28. The molecule has 4 nitrogen and oxygen atoms in total. The molecule has 4 heteroatoms. The molecule has 1 aliphatic carbocycles. The first-order valence-electron chi connectivity index (χ1n) is 7.86. The molecular weight excluding hydrogens is 266 g/mol. The van der Waals surface area contributed by atoms with Crippen molar-refractivity contribution in [3.63, 3.8) is 0 Å². The fraction of sp³-hybridized carbons (Fsp3) is 0.588. The Kier molecular flexibility index (Phi) is 4.56. The molecule has 1 aromatic carbocycles. The van der Waals surface area contributed by atoms with Crippen molar-refractivity contribution in [2.24, 2.45) is 5.92 Å². The maximum Gasteiger partial charge on any atom is 0.226 e. The second-order valence-corrected chi connectivity index (χ2v) is 5.99. The molecule has 1 aromatic rings. The van der Waals surface area contributed by atoms with Crippen LogP contribution in [0.5, 0.6) is 0 Å². The van der Waals surface area contributed by atoms with E-state index in [1.165, 1.54) is 11.1 Å². The zero-order valence-electron chi connectivity index (χ0n) is 12.3. The molecule has 0 unspecified atom stereocenters. The van der Waals surface area contributed by atoms with Crippen molar-refractivity contribution in [1.29, 1.82) is 0 Å². The van der Waals surface area contributed by atoms with E-state index in [1.807, 2.05) is 4.90 Å². The molecule has 21 heavy (non-hydrogen) atoms. The number of fused-ring (bicyclic) bond motifs is 1. The highest BCUT2D eigenvalue weighted by atomic mass is 16.5. The number of ether oxygens (including phenoxy) is 1. The van der Waals surface area contributed by atoms with Crippen molar-refractivity contribution in [3.05, 3.63) is 35.4 Å². The van der Waals surface area contributed by atoms with Crippen molar-refractivity contribution in [1.82, 2.24) is 4.90 Å². The number of piperidine rings is 1. The Labute approximate surface area is 125 Å². The first-order chi connectivity index (χ1) is 10.3. The summed E-state index contributed by atoms with van der Waals surface area (Å²) in [7, 11) is 0. The van der Waals surface area contributed by atoms with Crippen molar-refractivity contribution in [3.8, 4) is 0 Å². The molecule has 0 saturated carbocycles. The molecule has 0 bridgehead atoms. The van der Waals surface area contributed by atoms with Gasteiger partial charge in [-0.25, -0.2) is 0 Å². The van der Waals surface area contributed by atoms with Crippen LogP contribution in [0.1, 0.15) is 24.0 Å². The van der Waals surface area contributed by atoms with E-state index in [4.69, 9.17) is 9.84 Å². The summed E-state index contributed by atoms with van der Waals surface area (Å²) in [5.41, 5.74) is 2.66. The molecule has 1 amide bonds. The third-order valence-corrected chi connectivity index (χ3v) is 4.60. The number of hydrogen-bond donors (Lipinski definition) is 1. The van der Waals surface area contributed by atoms with Gasteiger partial charge in [0.15, 0.2) is 0 Å². The van der Waals surface area contributed by atoms with E-state index >= 15 is 0 Å². The van der Waals surface area contributed by atoms with Crippen LogP contribution in [0.2, 0.25) is 0 Å². The summed E-state index contributed by atoms with van der Waals surface area (Å²) in [5, 5.41) is 8.78. The average molecular weight is 289 g/mol. The normalized spacial score (nSPS) is 19.8. The molecule has 1 saturated heterocycles. The Morgan fingerprint density at radius 1 is 1.19 bits per heavy atom. The predicted octanol–water partition coefficient (Wildman–Crippen LogP) is 1.40. The molecular formula is C17H23NO3. The smallest absolute Gasteiger partial charge is 0.226 e. The Balaban J connectivity index is 1.52. The standard InChI is InChI=1S/C17H23NO3/c19-9-10-21-16-5-7-18(8-6-16)17(20)15-11-13-3-1-2-4-14(13)12-15/h1-4,15-16,19H,5-12H2. The Hall–Kier alpha value is -1.39. The SMILES string of the molecule is O=C(C1Cc2ccccc2C1)N1CCC(OCCO)CC1. The molecule has 0 spiro atoms. The number of hydrogen-bond acceptors (Lipinski definition) is 3. The Morgan fingerprint density at radius 3 is 2.38 bits per heavy atom. The third-order valence-electron chi connectivity index (χ3n) is 4.60. The number of rotatable bonds is 4. The molecule has 2 aliphatic rings. The number of amides is 1. The maximum atomic E-state index is 12.6. The summed E-state index contributed by atoms with van der Waals surface area (Å²) >= 11 is 0. The number of carbonyl (C=O) groups excluding carboxylic acids is 1. The maximum absolute atomic E-state index is 12.6. The molecule has 1 aliphatic heterocycles. The van der Waals surface area contributed by atoms with Crippen LogP contribution >= 0.6 is 0 Å². The van der Waals surface area contributed by atoms with Crippen LogP contribution in [0.4, 0.5) is 0 Å². The summed E-state index contributed by atoms with van der Waals surface area (Å²) in [4.78, 5) is 14.6. The van der Waals surface area contributed by atoms with E-state index in [9.17, 15) is 4.79 Å². The topological polar surface area (TPSA) is 49.8 Å². The number of nitrogens with zero attached hydrogens (tertiary/aromatic N) is 1. The lowest BCUT2D eigenvalue weighted by Crippen LogP contribution is -2.44. The Morgan fingerprint density at radius 2 is 1.81 bits per heavy atom. The second kappa shape index (κ2) is 6.58. The molecule has 0 radical (unpaired) electrons. The predicted molar refractivity (Wildman–Crippen MR) is 80.0 cm³/mol. The second-order valence-electron chi connectivity index (χ2n) is 5.99. The average Bonchev–Trinajstić information content (AvgIpc) is 2.96. The van der Waals surface area contributed by atoms with Crippen molar-refractivity contribution < 1.29 is 14.6 Å². The highest BCUT2D eigenvalue weighted by Gasteiger charge is 2.32. The summed E-state index contributed by atoms with van der Waals surface area (Å²) in [5.74, 6) is 0.420. The molecule has 0 aromatic heterocycles. The lowest BCUT2D eigenvalue weighted by molar-refractivity contribution is -0.138. The van der Waals surface area contributed by atoms with Gasteiger partial charge in [0.1, 0.15) is 0 Å². The first-order valence-corrected chi connectivity index (χ1v) is 7.86. The minimum absolute atomic E-state index is 0.0689. The van der Waals surface area contributed by atoms with Gasteiger partial charge in [-0.1, -0.05) is 24.3 Å². The van der Waals surface area contributed by atoms with Gasteiger partial charge < -0.3 is 14.7 Å². The van der Waals surface area contributed by atoms with Crippen LogP contribution in [0.15, 0.2) is 24.3 Å². The molecule has 114 valence electrons. The van der Waals surface area contributed by atoms with Crippen molar-refractivity contribution >= 4 is 5.91 Å². The van der Waals surface area contributed by atoms with Gasteiger partial charge in [0.05, 0.1) is 19.3 Å². The van der Waals surface area contributed by atoms with Crippen molar-refractivity contribution in [2.45, 2.75) is 31.8 Å². The van der Waals surface area contributed by atoms with Gasteiger partial charge in [0.2, 0.25) is 5.91 Å². The fourth-order valence-corrected chi connectivity index (χ4v) is 3.45. The van der Waals surface area contributed by atoms with Crippen LogP contribution in [0.25, 0.3) is 0 Å². The zero-order valence-corrected chi connectivity index (χ0v) is 12.3. The van der Waals surface area contributed by atoms with Gasteiger partial charge in [-0.15, -0.1) is 0 Å². The van der Waals surface area contributed by atoms with Gasteiger partial charge >= 0.3 is 0 Å². The van der Waals surface area contributed by atoms with E-state index in [-0.39, 0.29) is 18.6 Å². The minimum Gasteiger partial charge on any atom is -0.394 e. The summed E-state index contributed by atoms with van der Waals surface area (Å²) in [6.07, 6.45) is 3.73. The van der Waals surface area contributed by atoms with Gasteiger partial charge in [0, 0.05) is 19.0 Å². The number of aliphatic hydroxyl groups excluding tert-OH is 1. The third kappa shape index (κ3) is 3.27. The summed E-state index contributed by atoms with van der Waals surface area (Å²) in [6, 6.07) is 8.38. The van der Waals surface area contributed by atoms with Crippen LogP contribution in [-0.4, -0.2) is 48.3 Å². The van der Waals surface area contributed by atoms with E-state index in [0.29, 0.717) is 12.5 Å². The molecule has 3 rings (SSSR count). The largest absolute Gasteiger partial charge is 0.394 e. The van der Waals surface area contributed by atoms with Crippen LogP contribution in [-0.2, 0) is 22.4 Å².